The van der Waals surface area contributed by atoms with E-state index >= 15 is 0 Å². The molecule has 0 bridgehead atoms. The minimum atomic E-state index is -0.310. The molecule has 5 heteroatoms. The lowest BCUT2D eigenvalue weighted by atomic mass is 10.0. The van der Waals surface area contributed by atoms with Crippen LogP contribution >= 0.6 is 15.9 Å². The average molecular weight is 429 g/mol. The lowest BCUT2D eigenvalue weighted by molar-refractivity contribution is 0.101. The van der Waals surface area contributed by atoms with Crippen molar-refractivity contribution in [3.8, 4) is 5.75 Å². The lowest BCUT2D eigenvalue weighted by Gasteiger charge is -2.13. The third-order valence-corrected chi connectivity index (χ3v) is 4.92. The van der Waals surface area contributed by atoms with E-state index in [1.54, 1.807) is 36.4 Å². The fraction of sp³-hybridized carbons (Fsp3) is 0.273. The van der Waals surface area contributed by atoms with Gasteiger partial charge in [-0.25, -0.2) is 0 Å². The maximum Gasteiger partial charge on any atom is 0.228 e. The molecule has 27 heavy (non-hydrogen) atoms. The van der Waals surface area contributed by atoms with Gasteiger partial charge >= 0.3 is 0 Å². The number of ether oxygens (including phenoxy) is 1. The molecule has 0 N–H and O–H groups in total. The second-order valence-corrected chi connectivity index (χ2v) is 7.28. The summed E-state index contributed by atoms with van der Waals surface area (Å²) in [5, 5.41) is 1.42. The summed E-state index contributed by atoms with van der Waals surface area (Å²) in [7, 11) is 0. The molecule has 0 aliphatic rings. The van der Waals surface area contributed by atoms with Gasteiger partial charge in [0, 0.05) is 17.0 Å². The normalized spacial score (nSPS) is 10.9. The first-order valence-electron chi connectivity index (χ1n) is 8.89. The molecule has 3 aromatic rings. The van der Waals surface area contributed by atoms with Crippen LogP contribution in [0.5, 0.6) is 5.75 Å². The first-order chi connectivity index (χ1) is 13.0. The average Bonchev–Trinajstić information content (AvgIpc) is 2.66. The van der Waals surface area contributed by atoms with E-state index in [0.29, 0.717) is 23.1 Å². The number of aryl methyl sites for hydroxylation is 2. The van der Waals surface area contributed by atoms with Crippen molar-refractivity contribution in [3.05, 3.63) is 75.1 Å². The number of alkyl halides is 1. The number of benzene rings is 2. The lowest BCUT2D eigenvalue weighted by Crippen LogP contribution is -2.09. The summed E-state index contributed by atoms with van der Waals surface area (Å²) in [5.74, 6) is 0.541. The van der Waals surface area contributed by atoms with Crippen LogP contribution in [-0.2, 0) is 0 Å². The summed E-state index contributed by atoms with van der Waals surface area (Å²) in [5.41, 5.74) is 2.45. The second-order valence-electron chi connectivity index (χ2n) is 6.48. The number of hydrogen-bond donors (Lipinski definition) is 0. The van der Waals surface area contributed by atoms with Gasteiger partial charge in [0.1, 0.15) is 11.3 Å². The largest absolute Gasteiger partial charge is 0.493 e. The Kier molecular flexibility index (Phi) is 6.11. The third kappa shape index (κ3) is 4.30. The van der Waals surface area contributed by atoms with E-state index in [4.69, 9.17) is 9.15 Å². The van der Waals surface area contributed by atoms with Crippen LogP contribution in [0, 0.1) is 13.8 Å². The second kappa shape index (κ2) is 8.53. The Morgan fingerprint density at radius 1 is 1.07 bits per heavy atom. The van der Waals surface area contributed by atoms with Crippen LogP contribution in [0.15, 0.2) is 51.7 Å². The fourth-order valence-electron chi connectivity index (χ4n) is 3.04. The smallest absolute Gasteiger partial charge is 0.228 e. The van der Waals surface area contributed by atoms with Crippen molar-refractivity contribution < 1.29 is 13.9 Å². The number of hydrogen-bond acceptors (Lipinski definition) is 4. The maximum atomic E-state index is 12.9. The highest BCUT2D eigenvalue weighted by Crippen LogP contribution is 2.26. The van der Waals surface area contributed by atoms with Gasteiger partial charge in [0.25, 0.3) is 0 Å². The number of para-hydroxylation sites is 1. The molecule has 1 heterocycles. The van der Waals surface area contributed by atoms with Crippen LogP contribution in [0.25, 0.3) is 11.0 Å². The Morgan fingerprint density at radius 2 is 1.78 bits per heavy atom. The van der Waals surface area contributed by atoms with E-state index in [0.717, 1.165) is 35.0 Å². The first-order valence-corrected chi connectivity index (χ1v) is 10.0. The van der Waals surface area contributed by atoms with Crippen molar-refractivity contribution in [3.63, 3.8) is 0 Å². The fourth-order valence-corrected chi connectivity index (χ4v) is 3.43. The Labute approximate surface area is 166 Å². The summed E-state index contributed by atoms with van der Waals surface area (Å²) in [6.07, 6.45) is 2.02. The molecule has 0 saturated heterocycles. The van der Waals surface area contributed by atoms with Crippen molar-refractivity contribution in [2.45, 2.75) is 26.7 Å². The molecule has 0 saturated carbocycles. The molecule has 0 spiro atoms. The summed E-state index contributed by atoms with van der Waals surface area (Å²) >= 11 is 3.41. The molecule has 0 atom stereocenters. The zero-order chi connectivity index (χ0) is 19.4. The number of ketones is 1. The molecule has 0 radical (unpaired) electrons. The molecule has 4 nitrogen and oxygen atoms in total. The van der Waals surface area contributed by atoms with E-state index in [1.165, 1.54) is 6.07 Å². The highest BCUT2D eigenvalue weighted by Gasteiger charge is 2.17. The van der Waals surface area contributed by atoms with Crippen molar-refractivity contribution in [1.29, 1.82) is 0 Å². The number of unbranched alkanes of at least 4 members (excludes halogenated alkanes) is 1. The van der Waals surface area contributed by atoms with Crippen molar-refractivity contribution in [2.24, 2.45) is 0 Å². The SMILES string of the molecule is Cc1cc(C(=O)c2cc(=O)c3ccccc3o2)cc(C)c1OCCCCBr. The van der Waals surface area contributed by atoms with Crippen LogP contribution in [0.4, 0.5) is 0 Å². The minimum Gasteiger partial charge on any atom is -0.493 e. The Morgan fingerprint density at radius 3 is 2.48 bits per heavy atom. The molecular weight excluding hydrogens is 408 g/mol. The summed E-state index contributed by atoms with van der Waals surface area (Å²) in [6.45, 7) is 4.47. The van der Waals surface area contributed by atoms with Crippen LogP contribution in [-0.4, -0.2) is 17.7 Å². The summed E-state index contributed by atoms with van der Waals surface area (Å²) in [6, 6.07) is 11.7. The Hall–Kier alpha value is -2.40. The highest BCUT2D eigenvalue weighted by atomic mass is 79.9. The molecular formula is C22H21BrO4. The van der Waals surface area contributed by atoms with E-state index < -0.39 is 0 Å². The Balaban J connectivity index is 1.90. The zero-order valence-electron chi connectivity index (χ0n) is 15.4. The van der Waals surface area contributed by atoms with Gasteiger partial charge in [0.15, 0.2) is 11.2 Å². The quantitative estimate of drug-likeness (QED) is 0.295. The van der Waals surface area contributed by atoms with Gasteiger partial charge in [-0.3, -0.25) is 9.59 Å². The summed E-state index contributed by atoms with van der Waals surface area (Å²) < 4.78 is 11.6. The third-order valence-electron chi connectivity index (χ3n) is 4.36. The van der Waals surface area contributed by atoms with Crippen molar-refractivity contribution >= 4 is 32.7 Å². The molecule has 0 amide bonds. The zero-order valence-corrected chi connectivity index (χ0v) is 17.0. The number of carbonyl (C=O) groups excluding carboxylic acids is 1. The first kappa shape index (κ1) is 19.4. The Bertz CT molecular complexity index is 1010. The minimum absolute atomic E-state index is 0.0449. The maximum absolute atomic E-state index is 12.9. The van der Waals surface area contributed by atoms with Gasteiger partial charge in [-0.15, -0.1) is 0 Å². The molecule has 140 valence electrons. The van der Waals surface area contributed by atoms with E-state index in [9.17, 15) is 9.59 Å². The molecule has 0 aliphatic carbocycles. The van der Waals surface area contributed by atoms with Gasteiger partial charge in [0.05, 0.1) is 12.0 Å². The van der Waals surface area contributed by atoms with Crippen LogP contribution in [0.1, 0.15) is 40.1 Å². The number of rotatable bonds is 7. The van der Waals surface area contributed by atoms with Gasteiger partial charge in [-0.2, -0.15) is 0 Å². The van der Waals surface area contributed by atoms with Crippen molar-refractivity contribution in [2.75, 3.05) is 11.9 Å². The van der Waals surface area contributed by atoms with Gasteiger partial charge < -0.3 is 9.15 Å². The van der Waals surface area contributed by atoms with E-state index in [1.807, 2.05) is 13.8 Å². The topological polar surface area (TPSA) is 56.5 Å². The monoisotopic (exact) mass is 428 g/mol. The summed E-state index contributed by atoms with van der Waals surface area (Å²) in [4.78, 5) is 25.1. The van der Waals surface area contributed by atoms with Gasteiger partial charge in [0.2, 0.25) is 5.78 Å². The van der Waals surface area contributed by atoms with Crippen LogP contribution in [0.2, 0.25) is 0 Å². The molecule has 3 rings (SSSR count). The standard InChI is InChI=1S/C22H21BrO4/c1-14-11-16(12-15(2)22(14)26-10-6-5-9-23)21(25)20-13-18(24)17-7-3-4-8-19(17)27-20/h3-4,7-8,11-13H,5-6,9-10H2,1-2H3. The molecule has 1 aromatic heterocycles. The number of halogens is 1. The van der Waals surface area contributed by atoms with Gasteiger partial charge in [-0.1, -0.05) is 28.1 Å². The molecule has 0 fully saturated rings. The van der Waals surface area contributed by atoms with E-state index in [-0.39, 0.29) is 17.0 Å². The number of carbonyl (C=O) groups is 1. The predicted octanol–water partition coefficient (Wildman–Crippen LogP) is 5.19. The molecule has 0 unspecified atom stereocenters. The highest BCUT2D eigenvalue weighted by molar-refractivity contribution is 9.09. The predicted molar refractivity (Wildman–Crippen MR) is 110 cm³/mol. The van der Waals surface area contributed by atoms with Crippen LogP contribution < -0.4 is 10.2 Å². The number of fused-ring (bicyclic) bond motifs is 1. The van der Waals surface area contributed by atoms with Gasteiger partial charge in [-0.05, 0) is 62.1 Å². The van der Waals surface area contributed by atoms with Crippen molar-refractivity contribution in [1.82, 2.24) is 0 Å². The van der Waals surface area contributed by atoms with E-state index in [2.05, 4.69) is 15.9 Å². The molecule has 0 aliphatic heterocycles. The molecule has 2 aromatic carbocycles. The van der Waals surface area contributed by atoms with Crippen LogP contribution in [0.3, 0.4) is 0 Å².